The van der Waals surface area contributed by atoms with Crippen LogP contribution < -0.4 is 9.80 Å². The second kappa shape index (κ2) is 6.90. The minimum Gasteiger partial charge on any atom is -0.351 e. The number of benzene rings is 1. The summed E-state index contributed by atoms with van der Waals surface area (Å²) in [5, 5.41) is 12.0. The minimum atomic E-state index is -0.320. The van der Waals surface area contributed by atoms with E-state index in [9.17, 15) is 10.1 Å². The lowest BCUT2D eigenvalue weighted by Gasteiger charge is -2.33. The summed E-state index contributed by atoms with van der Waals surface area (Å²) in [5.74, 6) is 1.52. The first-order chi connectivity index (χ1) is 12.6. The molecule has 0 unspecified atom stereocenters. The summed E-state index contributed by atoms with van der Waals surface area (Å²) in [4.78, 5) is 24.3. The van der Waals surface area contributed by atoms with Crippen LogP contribution in [-0.4, -0.2) is 34.5 Å². The summed E-state index contributed by atoms with van der Waals surface area (Å²) in [7, 11) is 0. The number of fused-ring (bicyclic) bond motifs is 1. The maximum absolute atomic E-state index is 12.0. The normalized spacial score (nSPS) is 17.9. The maximum Gasteiger partial charge on any atom is 0.353 e. The Morgan fingerprint density at radius 2 is 1.85 bits per heavy atom. The largest absolute Gasteiger partial charge is 0.353 e. The molecule has 7 heteroatoms. The highest BCUT2D eigenvalue weighted by Gasteiger charge is 2.33. The SMILES string of the molecule is CC1CCN(c2ncnc(N3CCCc4ccccc43)c2[N+](=O)[O-])CC1. The molecular formula is C19H23N5O2. The van der Waals surface area contributed by atoms with E-state index in [4.69, 9.17) is 0 Å². The fourth-order valence-corrected chi connectivity index (χ4v) is 3.93. The zero-order valence-corrected chi connectivity index (χ0v) is 15.0. The number of aryl methyl sites for hydroxylation is 1. The summed E-state index contributed by atoms with van der Waals surface area (Å²) in [5.41, 5.74) is 2.25. The van der Waals surface area contributed by atoms with Crippen molar-refractivity contribution in [3.05, 3.63) is 46.3 Å². The van der Waals surface area contributed by atoms with Gasteiger partial charge in [0.15, 0.2) is 0 Å². The highest BCUT2D eigenvalue weighted by atomic mass is 16.6. The van der Waals surface area contributed by atoms with E-state index >= 15 is 0 Å². The number of hydrogen-bond donors (Lipinski definition) is 0. The molecule has 136 valence electrons. The average molecular weight is 353 g/mol. The molecule has 1 aromatic heterocycles. The molecule has 0 spiro atoms. The van der Waals surface area contributed by atoms with E-state index < -0.39 is 0 Å². The molecule has 2 aromatic rings. The van der Waals surface area contributed by atoms with Gasteiger partial charge in [0.25, 0.3) is 0 Å². The molecule has 0 atom stereocenters. The first kappa shape index (κ1) is 16.8. The van der Waals surface area contributed by atoms with Crippen molar-refractivity contribution in [1.82, 2.24) is 9.97 Å². The van der Waals surface area contributed by atoms with E-state index in [1.54, 1.807) is 0 Å². The zero-order chi connectivity index (χ0) is 18.1. The third-order valence-corrected chi connectivity index (χ3v) is 5.42. The van der Waals surface area contributed by atoms with Crippen LogP contribution in [0.2, 0.25) is 0 Å². The van der Waals surface area contributed by atoms with Gasteiger partial charge in [-0.1, -0.05) is 25.1 Å². The van der Waals surface area contributed by atoms with Crippen molar-refractivity contribution in [1.29, 1.82) is 0 Å². The lowest BCUT2D eigenvalue weighted by molar-refractivity contribution is -0.383. The highest BCUT2D eigenvalue weighted by molar-refractivity contribution is 5.77. The van der Waals surface area contributed by atoms with Crippen molar-refractivity contribution in [2.45, 2.75) is 32.6 Å². The molecule has 1 aromatic carbocycles. The van der Waals surface area contributed by atoms with Crippen LogP contribution in [0.3, 0.4) is 0 Å². The zero-order valence-electron chi connectivity index (χ0n) is 15.0. The molecule has 0 radical (unpaired) electrons. The van der Waals surface area contributed by atoms with E-state index in [1.165, 1.54) is 11.9 Å². The van der Waals surface area contributed by atoms with Gasteiger partial charge in [0.2, 0.25) is 11.6 Å². The van der Waals surface area contributed by atoms with Crippen LogP contribution >= 0.6 is 0 Å². The van der Waals surface area contributed by atoms with Crippen molar-refractivity contribution < 1.29 is 4.92 Å². The molecule has 0 amide bonds. The Bertz CT molecular complexity index is 817. The first-order valence-corrected chi connectivity index (χ1v) is 9.25. The van der Waals surface area contributed by atoms with Crippen LogP contribution in [0.4, 0.5) is 23.0 Å². The van der Waals surface area contributed by atoms with E-state index in [-0.39, 0.29) is 10.6 Å². The summed E-state index contributed by atoms with van der Waals surface area (Å²) in [6, 6.07) is 8.08. The number of anilines is 3. The number of nitrogens with zero attached hydrogens (tertiary/aromatic N) is 5. The second-order valence-corrected chi connectivity index (χ2v) is 7.18. The van der Waals surface area contributed by atoms with E-state index in [0.717, 1.165) is 51.0 Å². The highest BCUT2D eigenvalue weighted by Crippen LogP contribution is 2.41. The van der Waals surface area contributed by atoms with Gasteiger partial charge in [-0.25, -0.2) is 9.97 Å². The Hall–Kier alpha value is -2.70. The summed E-state index contributed by atoms with van der Waals surface area (Å²) >= 11 is 0. The Morgan fingerprint density at radius 1 is 1.12 bits per heavy atom. The van der Waals surface area contributed by atoms with E-state index in [0.29, 0.717) is 17.6 Å². The number of piperidine rings is 1. The number of hydrogen-bond acceptors (Lipinski definition) is 6. The number of rotatable bonds is 3. The fraction of sp³-hybridized carbons (Fsp3) is 0.474. The van der Waals surface area contributed by atoms with Gasteiger partial charge >= 0.3 is 5.69 Å². The first-order valence-electron chi connectivity index (χ1n) is 9.25. The third-order valence-electron chi connectivity index (χ3n) is 5.42. The molecule has 7 nitrogen and oxygen atoms in total. The van der Waals surface area contributed by atoms with Gasteiger partial charge in [0, 0.05) is 25.3 Å². The van der Waals surface area contributed by atoms with Gasteiger partial charge in [-0.15, -0.1) is 0 Å². The molecule has 3 heterocycles. The number of para-hydroxylation sites is 1. The Morgan fingerprint density at radius 3 is 2.62 bits per heavy atom. The van der Waals surface area contributed by atoms with Crippen LogP contribution in [0.5, 0.6) is 0 Å². The van der Waals surface area contributed by atoms with Crippen molar-refractivity contribution in [3.8, 4) is 0 Å². The Balaban J connectivity index is 1.78. The smallest absolute Gasteiger partial charge is 0.351 e. The van der Waals surface area contributed by atoms with Crippen LogP contribution in [0.25, 0.3) is 0 Å². The van der Waals surface area contributed by atoms with Gasteiger partial charge in [-0.3, -0.25) is 10.1 Å². The second-order valence-electron chi connectivity index (χ2n) is 7.18. The average Bonchev–Trinajstić information content (AvgIpc) is 2.67. The predicted molar refractivity (Wildman–Crippen MR) is 101 cm³/mol. The fourth-order valence-electron chi connectivity index (χ4n) is 3.93. The Labute approximate surface area is 152 Å². The molecule has 4 rings (SSSR count). The van der Waals surface area contributed by atoms with E-state index in [2.05, 4.69) is 23.0 Å². The molecule has 1 saturated heterocycles. The van der Waals surface area contributed by atoms with Gasteiger partial charge < -0.3 is 9.80 Å². The van der Waals surface area contributed by atoms with Crippen LogP contribution in [0.15, 0.2) is 30.6 Å². The molecule has 2 aliphatic rings. The minimum absolute atomic E-state index is 0.0266. The Kier molecular flexibility index (Phi) is 4.44. The lowest BCUT2D eigenvalue weighted by atomic mass is 9.99. The maximum atomic E-state index is 12.0. The summed E-state index contributed by atoms with van der Waals surface area (Å²) in [6.07, 6.45) is 5.47. The van der Waals surface area contributed by atoms with Gasteiger partial charge in [0.1, 0.15) is 6.33 Å². The molecule has 1 fully saturated rings. The standard InChI is InChI=1S/C19H23N5O2/c1-14-8-11-22(12-9-14)18-17(24(25)26)19(21-13-20-18)23-10-4-6-15-5-2-3-7-16(15)23/h2-3,5,7,13-14H,4,6,8-12H2,1H3. The molecule has 0 N–H and O–H groups in total. The van der Waals surface area contributed by atoms with E-state index in [1.807, 2.05) is 28.0 Å². The quantitative estimate of drug-likeness (QED) is 0.618. The third kappa shape index (κ3) is 2.98. The summed E-state index contributed by atoms with van der Waals surface area (Å²) in [6.45, 7) is 4.55. The van der Waals surface area contributed by atoms with Crippen LogP contribution in [-0.2, 0) is 6.42 Å². The molecule has 0 bridgehead atoms. The number of aromatic nitrogens is 2. The van der Waals surface area contributed by atoms with Crippen molar-refractivity contribution in [2.75, 3.05) is 29.4 Å². The molecule has 2 aliphatic heterocycles. The van der Waals surface area contributed by atoms with Crippen LogP contribution in [0, 0.1) is 16.0 Å². The predicted octanol–water partition coefficient (Wildman–Crippen LogP) is 3.71. The molecule has 0 saturated carbocycles. The molecular weight excluding hydrogens is 330 g/mol. The van der Waals surface area contributed by atoms with Crippen molar-refractivity contribution >= 4 is 23.0 Å². The summed E-state index contributed by atoms with van der Waals surface area (Å²) < 4.78 is 0. The topological polar surface area (TPSA) is 75.4 Å². The van der Waals surface area contributed by atoms with Gasteiger partial charge in [0.05, 0.1) is 4.92 Å². The van der Waals surface area contributed by atoms with Gasteiger partial charge in [-0.05, 0) is 43.2 Å². The molecule has 26 heavy (non-hydrogen) atoms. The van der Waals surface area contributed by atoms with Crippen molar-refractivity contribution in [3.63, 3.8) is 0 Å². The molecule has 0 aliphatic carbocycles. The number of nitro groups is 1. The lowest BCUT2D eigenvalue weighted by Crippen LogP contribution is -2.34. The monoisotopic (exact) mass is 353 g/mol. The van der Waals surface area contributed by atoms with Crippen molar-refractivity contribution in [2.24, 2.45) is 5.92 Å². The van der Waals surface area contributed by atoms with Crippen LogP contribution in [0.1, 0.15) is 31.7 Å². The van der Waals surface area contributed by atoms with Gasteiger partial charge in [-0.2, -0.15) is 0 Å².